The average Bonchev–Trinajstić information content (AvgIpc) is 4.07. The Hall–Kier alpha value is -6.48. The number of aromatic amines is 2. The molecule has 3 saturated carbocycles. The fourth-order valence-corrected chi connectivity index (χ4v) is 10.4. The topological polar surface area (TPSA) is 295 Å². The van der Waals surface area contributed by atoms with E-state index in [-0.39, 0.29) is 69.4 Å². The van der Waals surface area contributed by atoms with Gasteiger partial charge in [0.05, 0.1) is 31.0 Å². The number of nitrogens with zero attached hydrogens (tertiary/aromatic N) is 10. The molecule has 8 aromatic heterocycles. The van der Waals surface area contributed by atoms with Crippen LogP contribution in [-0.4, -0.2) is 111 Å². The highest BCUT2D eigenvalue weighted by Crippen LogP contribution is 2.30. The number of halogens is 7. The number of hydrogen-bond acceptors (Lipinski definition) is 17. The molecule has 20 nitrogen and oxygen atoms in total. The van der Waals surface area contributed by atoms with Crippen molar-refractivity contribution in [2.24, 2.45) is 11.5 Å². The van der Waals surface area contributed by atoms with Crippen LogP contribution >= 0.6 is 34.8 Å². The third kappa shape index (κ3) is 15.4. The average molecular weight is 1140 g/mol. The predicted molar refractivity (Wildman–Crippen MR) is 289 cm³/mol. The molecule has 408 valence electrons. The Morgan fingerprint density at radius 3 is 1.39 bits per heavy atom. The molecule has 77 heavy (non-hydrogen) atoms. The Kier molecular flexibility index (Phi) is 19.3. The van der Waals surface area contributed by atoms with Gasteiger partial charge in [-0.25, -0.2) is 75.6 Å². The molecule has 11 rings (SSSR count). The lowest BCUT2D eigenvalue weighted by molar-refractivity contribution is 0.377. The largest absolute Gasteiger partial charge is 0.363 e. The summed E-state index contributed by atoms with van der Waals surface area (Å²) < 4.78 is 80.1. The Bertz CT molecular complexity index is 3380. The molecule has 6 unspecified atom stereocenters. The van der Waals surface area contributed by atoms with Gasteiger partial charge in [-0.3, -0.25) is 0 Å². The predicted octanol–water partition coefficient (Wildman–Crippen LogP) is 9.15. The second-order valence-corrected chi connectivity index (χ2v) is 21.3. The van der Waals surface area contributed by atoms with E-state index in [1.807, 2.05) is 24.3 Å². The number of pyridine rings is 2. The number of hydrogen-bond donors (Lipinski definition) is 8. The summed E-state index contributed by atoms with van der Waals surface area (Å²) in [6.07, 6.45) is 23.9. The fourth-order valence-electron chi connectivity index (χ4n) is 9.18. The van der Waals surface area contributed by atoms with Gasteiger partial charge in [-0.05, 0) is 86.0 Å². The standard InChI is InChI=1S/C18H21FN6O2S.C17H19FN6.C10H14ClFN4.C4HCl2FN2/c1-28(26,27)25-15-7-3-2-6-14(15)23-18-13(19)10-22-17(24-18)12-9-21-16-11(12)5-4-8-20-16;18-12-9-22-16(11-8-21-15-10(11)4-3-7-20-15)24-17(12)23-14-6-2-1-5-13(14)19;11-10-14-5-6(12)9(16-10)15-8-4-2-1-3-7(8)13;5-3-2(7)1-8-4(6)9-3/h4-5,8-10,14-15,25H,2-3,6-7H2,1H3,(H,20,21)(H,22,23,24);3-4,7-9,13-14H,1-2,5-6,19H2,(H,20,21)(H,22,23,24);5,7-8H,1-4,13H2,(H,14,15,16);1H. The first-order valence-corrected chi connectivity index (χ1v) is 27.7. The molecule has 8 heterocycles. The van der Waals surface area contributed by atoms with Crippen LogP contribution in [0.3, 0.4) is 0 Å². The maximum atomic E-state index is 14.4. The summed E-state index contributed by atoms with van der Waals surface area (Å²) in [6.45, 7) is 0. The van der Waals surface area contributed by atoms with Crippen molar-refractivity contribution in [3.8, 4) is 22.8 Å². The zero-order valence-electron chi connectivity index (χ0n) is 41.4. The molecule has 0 saturated heterocycles. The minimum atomic E-state index is -3.35. The first-order chi connectivity index (χ1) is 37.0. The molecular formula is C49H55Cl3F4N18O2S. The zero-order chi connectivity index (χ0) is 54.6. The lowest BCUT2D eigenvalue weighted by atomic mass is 9.91. The van der Waals surface area contributed by atoms with Gasteiger partial charge in [-0.15, -0.1) is 0 Å². The number of nitrogens with one attached hydrogen (secondary N) is 6. The number of nitrogens with two attached hydrogens (primary N) is 2. The van der Waals surface area contributed by atoms with Crippen LogP contribution in [0.15, 0.2) is 73.8 Å². The van der Waals surface area contributed by atoms with Crippen molar-refractivity contribution < 1.29 is 26.0 Å². The summed E-state index contributed by atoms with van der Waals surface area (Å²) >= 11 is 16.1. The van der Waals surface area contributed by atoms with E-state index in [0.717, 1.165) is 123 Å². The molecular weight excluding hydrogens is 1090 g/mol. The normalized spacial score (nSPS) is 20.4. The van der Waals surface area contributed by atoms with E-state index in [1.54, 1.807) is 24.8 Å². The highest BCUT2D eigenvalue weighted by atomic mass is 35.5. The molecule has 0 aromatic carbocycles. The van der Waals surface area contributed by atoms with Crippen molar-refractivity contribution >= 4 is 84.3 Å². The van der Waals surface area contributed by atoms with E-state index in [0.29, 0.717) is 23.7 Å². The van der Waals surface area contributed by atoms with Gasteiger partial charge in [0.2, 0.25) is 20.6 Å². The van der Waals surface area contributed by atoms with Gasteiger partial charge in [0.1, 0.15) is 11.3 Å². The molecule has 0 spiro atoms. The van der Waals surface area contributed by atoms with E-state index < -0.39 is 33.3 Å². The van der Waals surface area contributed by atoms with E-state index in [1.165, 1.54) is 6.20 Å². The Balaban J connectivity index is 0.000000145. The third-order valence-electron chi connectivity index (χ3n) is 13.0. The Morgan fingerprint density at radius 1 is 0.532 bits per heavy atom. The minimum Gasteiger partial charge on any atom is -0.363 e. The van der Waals surface area contributed by atoms with Crippen LogP contribution in [-0.2, 0) is 10.0 Å². The van der Waals surface area contributed by atoms with Crippen LogP contribution in [0.4, 0.5) is 35.0 Å². The SMILES string of the molecule is CS(=O)(=O)NC1CCCCC1Nc1nc(-c2c[nH]c3ncccc23)ncc1F.Fc1cnc(Cl)nc1Cl.NC1CCCCC1Nc1nc(-c2c[nH]c3ncccc23)ncc1F.NC1CCCCC1Nc1nc(Cl)ncc1F. The summed E-state index contributed by atoms with van der Waals surface area (Å²) in [5.41, 5.74) is 15.1. The second-order valence-electron chi connectivity index (χ2n) is 18.5. The lowest BCUT2D eigenvalue weighted by Gasteiger charge is -2.32. The fraction of sp³-hybridized carbons (Fsp3) is 0.388. The van der Waals surface area contributed by atoms with Crippen LogP contribution in [0.1, 0.15) is 77.0 Å². The smallest absolute Gasteiger partial charge is 0.224 e. The van der Waals surface area contributed by atoms with E-state index in [4.69, 9.17) is 46.3 Å². The molecule has 0 bridgehead atoms. The van der Waals surface area contributed by atoms with E-state index in [2.05, 4.69) is 80.5 Å². The number of H-pyrrole nitrogens is 2. The number of aromatic nitrogens is 12. The van der Waals surface area contributed by atoms with Crippen LogP contribution in [0.2, 0.25) is 15.7 Å². The molecule has 28 heteroatoms. The van der Waals surface area contributed by atoms with Gasteiger partial charge in [0, 0.05) is 82.9 Å². The third-order valence-corrected chi connectivity index (χ3v) is 14.4. The van der Waals surface area contributed by atoms with E-state index >= 15 is 0 Å². The first kappa shape index (κ1) is 56.7. The molecule has 3 aliphatic rings. The zero-order valence-corrected chi connectivity index (χ0v) is 44.5. The van der Waals surface area contributed by atoms with Crippen molar-refractivity contribution in [2.45, 2.75) is 113 Å². The molecule has 6 atom stereocenters. The minimum absolute atomic E-state index is 0.0221. The van der Waals surface area contributed by atoms with E-state index in [9.17, 15) is 26.0 Å². The Morgan fingerprint density at radius 2 is 0.935 bits per heavy atom. The highest BCUT2D eigenvalue weighted by molar-refractivity contribution is 7.88. The van der Waals surface area contributed by atoms with Crippen molar-refractivity contribution in [3.05, 3.63) is 113 Å². The van der Waals surface area contributed by atoms with Crippen LogP contribution < -0.4 is 32.1 Å². The van der Waals surface area contributed by atoms with Crippen LogP contribution in [0.25, 0.3) is 44.8 Å². The summed E-state index contributed by atoms with van der Waals surface area (Å²) in [6, 6.07) is 7.11. The van der Waals surface area contributed by atoms with Crippen molar-refractivity contribution in [3.63, 3.8) is 0 Å². The summed E-state index contributed by atoms with van der Waals surface area (Å²) in [5.74, 6) is -0.962. The highest BCUT2D eigenvalue weighted by Gasteiger charge is 2.29. The Labute approximate surface area is 455 Å². The molecule has 0 amide bonds. The molecule has 8 aromatic rings. The molecule has 3 aliphatic carbocycles. The number of sulfonamides is 1. The van der Waals surface area contributed by atoms with Gasteiger partial charge < -0.3 is 37.4 Å². The molecule has 0 aliphatic heterocycles. The molecule has 0 radical (unpaired) electrons. The van der Waals surface area contributed by atoms with Gasteiger partial charge in [0.25, 0.3) is 0 Å². The van der Waals surface area contributed by atoms with Crippen molar-refractivity contribution in [1.82, 2.24) is 64.5 Å². The molecule has 10 N–H and O–H groups in total. The van der Waals surface area contributed by atoms with Gasteiger partial charge in [-0.1, -0.05) is 50.1 Å². The molecule has 3 fully saturated rings. The summed E-state index contributed by atoms with van der Waals surface area (Å²) in [7, 11) is -3.35. The first-order valence-electron chi connectivity index (χ1n) is 24.7. The van der Waals surface area contributed by atoms with Crippen molar-refractivity contribution in [1.29, 1.82) is 0 Å². The number of fused-ring (bicyclic) bond motifs is 2. The van der Waals surface area contributed by atoms with Crippen LogP contribution in [0.5, 0.6) is 0 Å². The maximum absolute atomic E-state index is 14.4. The second kappa shape index (κ2) is 26.2. The van der Waals surface area contributed by atoms with Crippen molar-refractivity contribution in [2.75, 3.05) is 22.2 Å². The lowest BCUT2D eigenvalue weighted by Crippen LogP contribution is -2.48. The van der Waals surface area contributed by atoms with Gasteiger partial charge in [-0.2, -0.15) is 4.98 Å². The van der Waals surface area contributed by atoms with Gasteiger partial charge >= 0.3 is 0 Å². The van der Waals surface area contributed by atoms with Gasteiger partial charge in [0.15, 0.2) is 57.5 Å². The summed E-state index contributed by atoms with van der Waals surface area (Å²) in [4.78, 5) is 45.7. The monoisotopic (exact) mass is 1140 g/mol. The number of anilines is 3. The summed E-state index contributed by atoms with van der Waals surface area (Å²) in [5, 5.41) is 10.7. The maximum Gasteiger partial charge on any atom is 0.224 e. The van der Waals surface area contributed by atoms with Crippen LogP contribution in [0, 0.1) is 23.3 Å². The quantitative estimate of drug-likeness (QED) is 0.0360. The number of rotatable bonds is 10.